The standard InChI is InChI=1S/C39H61BO2/c1-28(2)15-13-17-30(5)23-25-39(26-24-31(6)18-14-16-29(3)4)35-20-12-11-19-33(35)34-22-21-32(27-36(34)39)40-41-37(7,8)38(9,10)42-40/h11-12,19-22,27-31H,13-18,23-26H2,1-10H3. The lowest BCUT2D eigenvalue weighted by Gasteiger charge is -2.35. The van der Waals surface area contributed by atoms with Crippen LogP contribution in [0.25, 0.3) is 11.1 Å². The predicted molar refractivity (Wildman–Crippen MR) is 183 cm³/mol. The molecule has 0 amide bonds. The number of hydrogen-bond donors (Lipinski definition) is 0. The zero-order valence-electron chi connectivity index (χ0n) is 28.8. The molecule has 232 valence electrons. The average Bonchev–Trinajstić information content (AvgIpc) is 3.31. The Bertz CT molecular complexity index is 1120. The number of rotatable bonds is 15. The van der Waals surface area contributed by atoms with Crippen molar-refractivity contribution < 1.29 is 9.31 Å². The van der Waals surface area contributed by atoms with E-state index >= 15 is 0 Å². The molecule has 0 bridgehead atoms. The molecule has 42 heavy (non-hydrogen) atoms. The van der Waals surface area contributed by atoms with E-state index in [2.05, 4.69) is 112 Å². The van der Waals surface area contributed by atoms with Crippen LogP contribution in [0, 0.1) is 23.7 Å². The Labute approximate surface area is 259 Å². The average molecular weight is 573 g/mol. The molecule has 1 aliphatic carbocycles. The lowest BCUT2D eigenvalue weighted by Crippen LogP contribution is -2.41. The van der Waals surface area contributed by atoms with Crippen molar-refractivity contribution in [1.82, 2.24) is 0 Å². The molecule has 2 aromatic carbocycles. The van der Waals surface area contributed by atoms with Crippen LogP contribution in [0.2, 0.25) is 0 Å². The number of benzene rings is 2. The highest BCUT2D eigenvalue weighted by Crippen LogP contribution is 2.54. The zero-order valence-corrected chi connectivity index (χ0v) is 28.8. The third-order valence-corrected chi connectivity index (χ3v) is 10.9. The fourth-order valence-corrected chi connectivity index (χ4v) is 7.29. The molecular formula is C39H61BO2. The van der Waals surface area contributed by atoms with E-state index in [4.69, 9.17) is 9.31 Å². The topological polar surface area (TPSA) is 18.5 Å². The molecule has 0 aromatic heterocycles. The largest absolute Gasteiger partial charge is 0.494 e. The fraction of sp³-hybridized carbons (Fsp3) is 0.692. The summed E-state index contributed by atoms with van der Waals surface area (Å²) in [4.78, 5) is 0. The normalized spacial score (nSPS) is 22.0. The second kappa shape index (κ2) is 13.6. The quantitative estimate of drug-likeness (QED) is 0.198. The van der Waals surface area contributed by atoms with Crippen LogP contribution in [-0.4, -0.2) is 18.3 Å². The Kier molecular flexibility index (Phi) is 10.8. The summed E-state index contributed by atoms with van der Waals surface area (Å²) in [5, 5.41) is 0. The van der Waals surface area contributed by atoms with E-state index in [1.807, 2.05) is 0 Å². The lowest BCUT2D eigenvalue weighted by molar-refractivity contribution is 0.00578. The van der Waals surface area contributed by atoms with Crippen molar-refractivity contribution in [3.05, 3.63) is 53.6 Å². The van der Waals surface area contributed by atoms with Gasteiger partial charge in [0.2, 0.25) is 0 Å². The lowest BCUT2D eigenvalue weighted by atomic mass is 9.67. The third-order valence-electron chi connectivity index (χ3n) is 10.9. The third kappa shape index (κ3) is 7.38. The molecule has 3 heteroatoms. The van der Waals surface area contributed by atoms with Crippen LogP contribution in [0.15, 0.2) is 42.5 Å². The van der Waals surface area contributed by atoms with Crippen LogP contribution in [0.1, 0.15) is 145 Å². The smallest absolute Gasteiger partial charge is 0.399 e. The van der Waals surface area contributed by atoms with Gasteiger partial charge in [0, 0.05) is 5.41 Å². The van der Waals surface area contributed by atoms with Crippen LogP contribution in [0.4, 0.5) is 0 Å². The van der Waals surface area contributed by atoms with Gasteiger partial charge in [-0.05, 0) is 105 Å². The van der Waals surface area contributed by atoms with Gasteiger partial charge >= 0.3 is 7.12 Å². The Balaban J connectivity index is 1.67. The molecule has 2 atom stereocenters. The van der Waals surface area contributed by atoms with Gasteiger partial charge in [-0.3, -0.25) is 0 Å². The van der Waals surface area contributed by atoms with Gasteiger partial charge in [0.25, 0.3) is 0 Å². The molecule has 1 saturated heterocycles. The van der Waals surface area contributed by atoms with Crippen molar-refractivity contribution in [2.45, 2.75) is 150 Å². The molecule has 1 heterocycles. The fourth-order valence-electron chi connectivity index (χ4n) is 7.29. The highest BCUT2D eigenvalue weighted by Gasteiger charge is 2.52. The van der Waals surface area contributed by atoms with E-state index in [1.165, 1.54) is 86.4 Å². The van der Waals surface area contributed by atoms with E-state index < -0.39 is 0 Å². The maximum atomic E-state index is 6.56. The Morgan fingerprint density at radius 3 is 1.62 bits per heavy atom. The van der Waals surface area contributed by atoms with Crippen LogP contribution in [0.3, 0.4) is 0 Å². The first-order chi connectivity index (χ1) is 19.8. The first-order valence-corrected chi connectivity index (χ1v) is 17.4. The first-order valence-electron chi connectivity index (χ1n) is 17.4. The van der Waals surface area contributed by atoms with Gasteiger partial charge in [0.15, 0.2) is 0 Å². The molecule has 2 aliphatic rings. The van der Waals surface area contributed by atoms with Gasteiger partial charge in [-0.15, -0.1) is 0 Å². The Morgan fingerprint density at radius 1 is 0.595 bits per heavy atom. The van der Waals surface area contributed by atoms with Crippen LogP contribution in [-0.2, 0) is 14.7 Å². The van der Waals surface area contributed by atoms with Crippen LogP contribution in [0.5, 0.6) is 0 Å². The summed E-state index contributed by atoms with van der Waals surface area (Å²) < 4.78 is 13.1. The maximum Gasteiger partial charge on any atom is 0.494 e. The Morgan fingerprint density at radius 2 is 1.10 bits per heavy atom. The summed E-state index contributed by atoms with van der Waals surface area (Å²) in [7, 11) is -0.327. The van der Waals surface area contributed by atoms with E-state index in [9.17, 15) is 0 Å². The zero-order chi connectivity index (χ0) is 30.7. The summed E-state index contributed by atoms with van der Waals surface area (Å²) in [5.74, 6) is 3.07. The molecule has 2 nitrogen and oxygen atoms in total. The molecule has 4 rings (SSSR count). The minimum Gasteiger partial charge on any atom is -0.399 e. The molecule has 0 spiro atoms. The van der Waals surface area contributed by atoms with Gasteiger partial charge in [-0.25, -0.2) is 0 Å². The second-order valence-electron chi connectivity index (χ2n) is 16.0. The summed E-state index contributed by atoms with van der Waals surface area (Å²) in [6, 6.07) is 16.4. The van der Waals surface area contributed by atoms with Gasteiger partial charge in [0.1, 0.15) is 0 Å². The van der Waals surface area contributed by atoms with Crippen molar-refractivity contribution in [3.8, 4) is 11.1 Å². The van der Waals surface area contributed by atoms with E-state index in [-0.39, 0.29) is 23.7 Å². The van der Waals surface area contributed by atoms with Crippen molar-refractivity contribution in [2.24, 2.45) is 23.7 Å². The van der Waals surface area contributed by atoms with Crippen molar-refractivity contribution in [1.29, 1.82) is 0 Å². The molecule has 0 N–H and O–H groups in total. The molecule has 2 aromatic rings. The number of fused-ring (bicyclic) bond motifs is 3. The first kappa shape index (κ1) is 33.3. The number of hydrogen-bond acceptors (Lipinski definition) is 2. The monoisotopic (exact) mass is 572 g/mol. The van der Waals surface area contributed by atoms with Gasteiger partial charge in [0.05, 0.1) is 11.2 Å². The van der Waals surface area contributed by atoms with E-state index in [1.54, 1.807) is 5.56 Å². The molecule has 1 fully saturated rings. The van der Waals surface area contributed by atoms with Crippen molar-refractivity contribution in [3.63, 3.8) is 0 Å². The van der Waals surface area contributed by atoms with Crippen LogP contribution < -0.4 is 5.46 Å². The van der Waals surface area contributed by atoms with Crippen molar-refractivity contribution in [2.75, 3.05) is 0 Å². The van der Waals surface area contributed by atoms with Gasteiger partial charge in [-0.2, -0.15) is 0 Å². The molecule has 2 unspecified atom stereocenters. The Hall–Kier alpha value is -1.58. The minimum atomic E-state index is -0.340. The van der Waals surface area contributed by atoms with E-state index in [0.29, 0.717) is 0 Å². The second-order valence-corrected chi connectivity index (χ2v) is 16.0. The summed E-state index contributed by atoms with van der Waals surface area (Å²) in [6.07, 6.45) is 13.0. The summed E-state index contributed by atoms with van der Waals surface area (Å²) in [5.41, 5.74) is 6.46. The molecule has 0 radical (unpaired) electrons. The SMILES string of the molecule is CC(C)CCCC(C)CCC1(CCC(C)CCCC(C)C)c2ccccc2-c2ccc(B3OC(C)(C)C(C)(C)O3)cc21. The van der Waals surface area contributed by atoms with E-state index in [0.717, 1.165) is 23.7 Å². The molecule has 1 aliphatic heterocycles. The highest BCUT2D eigenvalue weighted by molar-refractivity contribution is 6.62. The summed E-state index contributed by atoms with van der Waals surface area (Å²) in [6.45, 7) is 23.0. The van der Waals surface area contributed by atoms with Gasteiger partial charge in [-0.1, -0.05) is 123 Å². The maximum absolute atomic E-state index is 6.56. The highest BCUT2D eigenvalue weighted by atomic mass is 16.7. The van der Waals surface area contributed by atoms with Crippen molar-refractivity contribution >= 4 is 12.6 Å². The molecular weight excluding hydrogens is 511 g/mol. The van der Waals surface area contributed by atoms with Crippen LogP contribution >= 0.6 is 0 Å². The van der Waals surface area contributed by atoms with Gasteiger partial charge < -0.3 is 9.31 Å². The summed E-state index contributed by atoms with van der Waals surface area (Å²) >= 11 is 0. The molecule has 0 saturated carbocycles. The predicted octanol–water partition coefficient (Wildman–Crippen LogP) is 10.7. The minimum absolute atomic E-state index is 0.0458.